The van der Waals surface area contributed by atoms with Crippen molar-refractivity contribution in [1.82, 2.24) is 0 Å². The predicted octanol–water partition coefficient (Wildman–Crippen LogP) is 4.52. The molecule has 0 heterocycles. The maximum absolute atomic E-state index is 12.1. The average molecular weight is 326 g/mol. The molecule has 0 aromatic heterocycles. The third-order valence-electron chi connectivity index (χ3n) is 3.27. The molecule has 4 nitrogen and oxygen atoms in total. The number of carbonyl (C=O) groups excluding carboxylic acids is 2. The van der Waals surface area contributed by atoms with Crippen LogP contribution in [-0.4, -0.2) is 24.5 Å². The summed E-state index contributed by atoms with van der Waals surface area (Å²) in [6.45, 7) is 7.93. The molecule has 2 aromatic rings. The van der Waals surface area contributed by atoms with Gasteiger partial charge in [0.15, 0.2) is 0 Å². The van der Waals surface area contributed by atoms with Crippen LogP contribution in [0.15, 0.2) is 42.5 Å². The Balaban J connectivity index is 2.33. The van der Waals surface area contributed by atoms with E-state index in [1.54, 1.807) is 30.3 Å². The second-order valence-electron chi connectivity index (χ2n) is 6.39. The van der Waals surface area contributed by atoms with Crippen LogP contribution in [0.25, 0.3) is 11.1 Å². The lowest BCUT2D eigenvalue weighted by Gasteiger charge is -2.19. The molecule has 0 aliphatic carbocycles. The molecular weight excluding hydrogens is 304 g/mol. The smallest absolute Gasteiger partial charge is 0.338 e. The molecule has 126 valence electrons. The number of aldehydes is 1. The molecular formula is C20H22O4. The van der Waals surface area contributed by atoms with Gasteiger partial charge in [-0.1, -0.05) is 12.1 Å². The van der Waals surface area contributed by atoms with Gasteiger partial charge in [-0.2, -0.15) is 0 Å². The Morgan fingerprint density at radius 2 is 1.75 bits per heavy atom. The monoisotopic (exact) mass is 326 g/mol. The lowest BCUT2D eigenvalue weighted by Crippen LogP contribution is -2.23. The molecule has 0 fully saturated rings. The van der Waals surface area contributed by atoms with E-state index in [-0.39, 0.29) is 5.97 Å². The van der Waals surface area contributed by atoms with Crippen molar-refractivity contribution in [2.24, 2.45) is 0 Å². The van der Waals surface area contributed by atoms with Crippen LogP contribution >= 0.6 is 0 Å². The molecule has 0 amide bonds. The minimum absolute atomic E-state index is 0.360. The quantitative estimate of drug-likeness (QED) is 0.599. The summed E-state index contributed by atoms with van der Waals surface area (Å²) in [7, 11) is 0. The summed E-state index contributed by atoms with van der Waals surface area (Å²) in [4.78, 5) is 23.1. The first-order chi connectivity index (χ1) is 11.3. The Labute approximate surface area is 142 Å². The normalized spacial score (nSPS) is 11.0. The van der Waals surface area contributed by atoms with Gasteiger partial charge in [0, 0.05) is 11.1 Å². The van der Waals surface area contributed by atoms with Gasteiger partial charge in [0.25, 0.3) is 0 Å². The number of benzene rings is 2. The second kappa shape index (κ2) is 7.30. The molecule has 0 radical (unpaired) electrons. The highest BCUT2D eigenvalue weighted by Gasteiger charge is 2.18. The van der Waals surface area contributed by atoms with Crippen LogP contribution in [0, 0.1) is 0 Å². The van der Waals surface area contributed by atoms with Crippen LogP contribution in [-0.2, 0) is 4.74 Å². The molecule has 0 bridgehead atoms. The van der Waals surface area contributed by atoms with E-state index in [2.05, 4.69) is 0 Å². The van der Waals surface area contributed by atoms with E-state index in [9.17, 15) is 9.59 Å². The van der Waals surface area contributed by atoms with E-state index in [0.29, 0.717) is 23.5 Å². The number of esters is 1. The molecule has 0 aliphatic heterocycles. The van der Waals surface area contributed by atoms with Crippen LogP contribution in [0.3, 0.4) is 0 Å². The van der Waals surface area contributed by atoms with Crippen LogP contribution < -0.4 is 4.74 Å². The van der Waals surface area contributed by atoms with Crippen molar-refractivity contribution in [3.63, 3.8) is 0 Å². The van der Waals surface area contributed by atoms with Gasteiger partial charge in [0.2, 0.25) is 0 Å². The first kappa shape index (κ1) is 17.7. The Bertz CT molecular complexity index is 724. The SMILES string of the molecule is CCOc1ccc(C=O)cc1-c1ccc(C(=O)OC(C)(C)C)cc1. The lowest BCUT2D eigenvalue weighted by atomic mass is 10.0. The third-order valence-corrected chi connectivity index (χ3v) is 3.27. The standard InChI is InChI=1S/C20H22O4/c1-5-23-18-11-6-14(13-21)12-17(18)15-7-9-16(10-8-15)19(22)24-20(2,3)4/h6-13H,5H2,1-4H3. The van der Waals surface area contributed by atoms with Crippen LogP contribution in [0.1, 0.15) is 48.4 Å². The van der Waals surface area contributed by atoms with Crippen molar-refractivity contribution in [1.29, 1.82) is 0 Å². The van der Waals surface area contributed by atoms with Gasteiger partial charge >= 0.3 is 5.97 Å². The van der Waals surface area contributed by atoms with Gasteiger partial charge in [-0.25, -0.2) is 4.79 Å². The highest BCUT2D eigenvalue weighted by molar-refractivity contribution is 5.90. The van der Waals surface area contributed by atoms with Crippen molar-refractivity contribution >= 4 is 12.3 Å². The topological polar surface area (TPSA) is 52.6 Å². The van der Waals surface area contributed by atoms with E-state index < -0.39 is 5.60 Å². The maximum atomic E-state index is 12.1. The Kier molecular flexibility index (Phi) is 5.39. The molecule has 2 rings (SSSR count). The molecule has 0 saturated heterocycles. The molecule has 0 unspecified atom stereocenters. The zero-order chi connectivity index (χ0) is 17.7. The summed E-state index contributed by atoms with van der Waals surface area (Å²) >= 11 is 0. The first-order valence-corrected chi connectivity index (χ1v) is 7.90. The molecule has 0 saturated carbocycles. The van der Waals surface area contributed by atoms with E-state index in [0.717, 1.165) is 17.4 Å². The minimum atomic E-state index is -0.532. The Morgan fingerprint density at radius 3 is 2.29 bits per heavy atom. The molecule has 0 N–H and O–H groups in total. The second-order valence-corrected chi connectivity index (χ2v) is 6.39. The number of rotatable bonds is 5. The van der Waals surface area contributed by atoms with E-state index >= 15 is 0 Å². The van der Waals surface area contributed by atoms with Crippen molar-refractivity contribution < 1.29 is 19.1 Å². The molecule has 0 aliphatic rings. The fourth-order valence-electron chi connectivity index (χ4n) is 2.25. The summed E-state index contributed by atoms with van der Waals surface area (Å²) in [5.74, 6) is 0.342. The van der Waals surface area contributed by atoms with Gasteiger partial charge < -0.3 is 9.47 Å². The fraction of sp³-hybridized carbons (Fsp3) is 0.300. The Hall–Kier alpha value is -2.62. The Morgan fingerprint density at radius 1 is 1.08 bits per heavy atom. The summed E-state index contributed by atoms with van der Waals surface area (Å²) in [5, 5.41) is 0. The highest BCUT2D eigenvalue weighted by atomic mass is 16.6. The van der Waals surface area contributed by atoms with Crippen molar-refractivity contribution in [2.75, 3.05) is 6.61 Å². The van der Waals surface area contributed by atoms with E-state index in [1.807, 2.05) is 39.8 Å². The van der Waals surface area contributed by atoms with Crippen LogP contribution in [0.2, 0.25) is 0 Å². The maximum Gasteiger partial charge on any atom is 0.338 e. The van der Waals surface area contributed by atoms with Crippen LogP contribution in [0.5, 0.6) is 5.75 Å². The molecule has 2 aromatic carbocycles. The summed E-state index contributed by atoms with van der Waals surface area (Å²) in [5.41, 5.74) is 2.21. The van der Waals surface area contributed by atoms with Gasteiger partial charge in [-0.05, 0) is 63.6 Å². The number of hydrogen-bond donors (Lipinski definition) is 0. The first-order valence-electron chi connectivity index (χ1n) is 7.90. The summed E-state index contributed by atoms with van der Waals surface area (Å²) < 4.78 is 11.0. The zero-order valence-corrected chi connectivity index (χ0v) is 14.5. The number of ether oxygens (including phenoxy) is 2. The summed E-state index contributed by atoms with van der Waals surface area (Å²) in [6, 6.07) is 12.4. The predicted molar refractivity (Wildman–Crippen MR) is 93.6 cm³/mol. The zero-order valence-electron chi connectivity index (χ0n) is 14.5. The van der Waals surface area contributed by atoms with Gasteiger partial charge in [-0.3, -0.25) is 4.79 Å². The largest absolute Gasteiger partial charge is 0.493 e. The fourth-order valence-corrected chi connectivity index (χ4v) is 2.25. The highest BCUT2D eigenvalue weighted by Crippen LogP contribution is 2.31. The van der Waals surface area contributed by atoms with Gasteiger partial charge in [0.05, 0.1) is 12.2 Å². The van der Waals surface area contributed by atoms with Crippen molar-refractivity contribution in [2.45, 2.75) is 33.3 Å². The van der Waals surface area contributed by atoms with E-state index in [1.165, 1.54) is 0 Å². The van der Waals surface area contributed by atoms with Gasteiger partial charge in [0.1, 0.15) is 17.6 Å². The third kappa shape index (κ3) is 4.44. The summed E-state index contributed by atoms with van der Waals surface area (Å²) in [6.07, 6.45) is 0.800. The lowest BCUT2D eigenvalue weighted by molar-refractivity contribution is 0.00695. The number of carbonyl (C=O) groups is 2. The van der Waals surface area contributed by atoms with Crippen molar-refractivity contribution in [3.8, 4) is 16.9 Å². The van der Waals surface area contributed by atoms with Gasteiger partial charge in [-0.15, -0.1) is 0 Å². The molecule has 24 heavy (non-hydrogen) atoms. The molecule has 0 atom stereocenters. The van der Waals surface area contributed by atoms with Crippen LogP contribution in [0.4, 0.5) is 0 Å². The molecule has 4 heteroatoms. The van der Waals surface area contributed by atoms with E-state index in [4.69, 9.17) is 9.47 Å². The average Bonchev–Trinajstić information content (AvgIpc) is 2.54. The van der Waals surface area contributed by atoms with Crippen molar-refractivity contribution in [3.05, 3.63) is 53.6 Å². The number of hydrogen-bond acceptors (Lipinski definition) is 4. The molecule has 0 spiro atoms. The minimum Gasteiger partial charge on any atom is -0.493 e.